The molecule has 2 N–H and O–H groups in total. The van der Waals surface area contributed by atoms with Gasteiger partial charge < -0.3 is 15.3 Å². The predicted molar refractivity (Wildman–Crippen MR) is 73.0 cm³/mol. The van der Waals surface area contributed by atoms with E-state index in [-0.39, 0.29) is 24.7 Å². The number of hydrogen-bond donors (Lipinski definition) is 2. The highest BCUT2D eigenvalue weighted by atomic mass is 32.2. The number of hydrogen-bond acceptors (Lipinski definition) is 3. The van der Waals surface area contributed by atoms with Crippen LogP contribution in [0.25, 0.3) is 0 Å². The van der Waals surface area contributed by atoms with Gasteiger partial charge in [0.1, 0.15) is 6.54 Å². The van der Waals surface area contributed by atoms with E-state index in [0.29, 0.717) is 5.25 Å². The molecule has 1 saturated carbocycles. The molecule has 2 amide bonds. The largest absolute Gasteiger partial charge is 0.480 e. The number of aliphatic carboxylic acids is 1. The van der Waals surface area contributed by atoms with Gasteiger partial charge in [0, 0.05) is 17.3 Å². The van der Waals surface area contributed by atoms with E-state index < -0.39 is 5.97 Å². The first-order valence-corrected chi connectivity index (χ1v) is 7.56. The summed E-state index contributed by atoms with van der Waals surface area (Å²) in [7, 11) is 0. The summed E-state index contributed by atoms with van der Waals surface area (Å²) < 4.78 is 0. The van der Waals surface area contributed by atoms with Gasteiger partial charge in [-0.2, -0.15) is 11.8 Å². The maximum absolute atomic E-state index is 12.1. The standard InChI is InChI=1S/C12H22N2O3S/c1-8(2)14(7-11(15)16)12(17)13-9-5-4-6-10(9)18-3/h8-10H,4-7H2,1-3H3,(H,13,17)(H,15,16). The van der Waals surface area contributed by atoms with Crippen LogP contribution in [-0.4, -0.2) is 52.1 Å². The molecule has 0 bridgehead atoms. The van der Waals surface area contributed by atoms with Crippen LogP contribution in [-0.2, 0) is 4.79 Å². The van der Waals surface area contributed by atoms with Gasteiger partial charge in [-0.15, -0.1) is 0 Å². The molecule has 0 spiro atoms. The number of nitrogens with zero attached hydrogens (tertiary/aromatic N) is 1. The minimum Gasteiger partial charge on any atom is -0.480 e. The summed E-state index contributed by atoms with van der Waals surface area (Å²) in [5, 5.41) is 12.2. The zero-order valence-electron chi connectivity index (χ0n) is 11.2. The third-order valence-electron chi connectivity index (χ3n) is 3.25. The summed E-state index contributed by atoms with van der Waals surface area (Å²) >= 11 is 1.77. The van der Waals surface area contributed by atoms with Crippen LogP contribution in [0.2, 0.25) is 0 Å². The van der Waals surface area contributed by atoms with Gasteiger partial charge in [-0.3, -0.25) is 4.79 Å². The number of carboxylic acid groups (broad SMARTS) is 1. The van der Waals surface area contributed by atoms with E-state index in [1.54, 1.807) is 11.8 Å². The number of amides is 2. The van der Waals surface area contributed by atoms with Gasteiger partial charge >= 0.3 is 12.0 Å². The summed E-state index contributed by atoms with van der Waals surface area (Å²) in [4.78, 5) is 24.2. The molecule has 0 aliphatic heterocycles. The molecule has 104 valence electrons. The van der Waals surface area contributed by atoms with Crippen molar-refractivity contribution in [2.45, 2.75) is 50.4 Å². The second-order valence-electron chi connectivity index (χ2n) is 4.88. The van der Waals surface area contributed by atoms with Crippen LogP contribution in [0.1, 0.15) is 33.1 Å². The second-order valence-corrected chi connectivity index (χ2v) is 5.95. The van der Waals surface area contributed by atoms with Crippen LogP contribution in [0.5, 0.6) is 0 Å². The Bertz CT molecular complexity index is 310. The number of carbonyl (C=O) groups is 2. The number of carboxylic acids is 1. The highest BCUT2D eigenvalue weighted by molar-refractivity contribution is 7.99. The lowest BCUT2D eigenvalue weighted by molar-refractivity contribution is -0.138. The maximum Gasteiger partial charge on any atom is 0.323 e. The fourth-order valence-electron chi connectivity index (χ4n) is 2.25. The Morgan fingerprint density at radius 2 is 2.11 bits per heavy atom. The Morgan fingerprint density at radius 3 is 2.61 bits per heavy atom. The van der Waals surface area contributed by atoms with Gasteiger partial charge in [0.15, 0.2) is 0 Å². The third-order valence-corrected chi connectivity index (χ3v) is 4.42. The van der Waals surface area contributed by atoms with Crippen LogP contribution in [0.3, 0.4) is 0 Å². The predicted octanol–water partition coefficient (Wildman–Crippen LogP) is 1.78. The number of thioether (sulfide) groups is 1. The van der Waals surface area contributed by atoms with Crippen molar-refractivity contribution in [2.75, 3.05) is 12.8 Å². The molecule has 1 aliphatic rings. The molecular weight excluding hydrogens is 252 g/mol. The van der Waals surface area contributed by atoms with Gasteiger partial charge in [0.2, 0.25) is 0 Å². The van der Waals surface area contributed by atoms with Gasteiger partial charge in [-0.1, -0.05) is 6.42 Å². The normalized spacial score (nSPS) is 23.1. The summed E-state index contributed by atoms with van der Waals surface area (Å²) in [5.41, 5.74) is 0. The lowest BCUT2D eigenvalue weighted by atomic mass is 10.2. The second kappa shape index (κ2) is 6.87. The van der Waals surface area contributed by atoms with Crippen molar-refractivity contribution >= 4 is 23.8 Å². The summed E-state index contributed by atoms with van der Waals surface area (Å²) in [6.07, 6.45) is 5.27. The summed E-state index contributed by atoms with van der Waals surface area (Å²) in [6, 6.07) is -0.212. The van der Waals surface area contributed by atoms with E-state index in [4.69, 9.17) is 5.11 Å². The number of urea groups is 1. The fraction of sp³-hybridized carbons (Fsp3) is 0.833. The number of carbonyl (C=O) groups excluding carboxylic acids is 1. The van der Waals surface area contributed by atoms with E-state index in [9.17, 15) is 9.59 Å². The Labute approximate surface area is 112 Å². The highest BCUT2D eigenvalue weighted by Gasteiger charge is 2.30. The van der Waals surface area contributed by atoms with Crippen molar-refractivity contribution in [2.24, 2.45) is 0 Å². The molecule has 1 rings (SSSR count). The number of nitrogens with one attached hydrogen (secondary N) is 1. The zero-order chi connectivity index (χ0) is 13.7. The SMILES string of the molecule is CSC1CCCC1NC(=O)N(CC(=O)O)C(C)C. The lowest BCUT2D eigenvalue weighted by Gasteiger charge is -2.28. The van der Waals surface area contributed by atoms with Gasteiger partial charge in [0.05, 0.1) is 0 Å². The number of rotatable bonds is 5. The van der Waals surface area contributed by atoms with E-state index >= 15 is 0 Å². The van der Waals surface area contributed by atoms with Crippen LogP contribution in [0.4, 0.5) is 4.79 Å². The van der Waals surface area contributed by atoms with Crippen molar-refractivity contribution in [3.63, 3.8) is 0 Å². The average Bonchev–Trinajstić information content (AvgIpc) is 2.72. The van der Waals surface area contributed by atoms with Crippen LogP contribution < -0.4 is 5.32 Å². The molecule has 1 fully saturated rings. The molecule has 2 unspecified atom stereocenters. The molecule has 6 heteroatoms. The molecular formula is C12H22N2O3S. The summed E-state index contributed by atoms with van der Waals surface area (Å²) in [6.45, 7) is 3.40. The van der Waals surface area contributed by atoms with Crippen LogP contribution in [0, 0.1) is 0 Å². The highest BCUT2D eigenvalue weighted by Crippen LogP contribution is 2.28. The summed E-state index contributed by atoms with van der Waals surface area (Å²) in [5.74, 6) is -0.980. The Hall–Kier alpha value is -0.910. The molecule has 5 nitrogen and oxygen atoms in total. The topological polar surface area (TPSA) is 69.6 Å². The molecule has 0 radical (unpaired) electrons. The van der Waals surface area contributed by atoms with Crippen LogP contribution in [0.15, 0.2) is 0 Å². The van der Waals surface area contributed by atoms with Crippen molar-refractivity contribution in [1.29, 1.82) is 0 Å². The maximum atomic E-state index is 12.1. The zero-order valence-corrected chi connectivity index (χ0v) is 12.0. The Balaban J connectivity index is 2.58. The third kappa shape index (κ3) is 4.08. The molecule has 1 aliphatic carbocycles. The van der Waals surface area contributed by atoms with E-state index in [2.05, 4.69) is 5.32 Å². The molecule has 0 aromatic heterocycles. The quantitative estimate of drug-likeness (QED) is 0.801. The van der Waals surface area contributed by atoms with Crippen molar-refractivity contribution in [3.05, 3.63) is 0 Å². The van der Waals surface area contributed by atoms with Crippen molar-refractivity contribution in [1.82, 2.24) is 10.2 Å². The fourth-order valence-corrected chi connectivity index (χ4v) is 3.18. The molecule has 0 heterocycles. The minimum atomic E-state index is -0.980. The van der Waals surface area contributed by atoms with Gasteiger partial charge in [-0.25, -0.2) is 4.79 Å². The van der Waals surface area contributed by atoms with Crippen LogP contribution >= 0.6 is 11.8 Å². The van der Waals surface area contributed by atoms with E-state index in [1.165, 1.54) is 4.90 Å². The first kappa shape index (κ1) is 15.1. The van der Waals surface area contributed by atoms with E-state index in [1.807, 2.05) is 20.1 Å². The first-order chi connectivity index (χ1) is 8.45. The minimum absolute atomic E-state index is 0.116. The van der Waals surface area contributed by atoms with E-state index in [0.717, 1.165) is 19.3 Å². The Kier molecular flexibility index (Phi) is 5.78. The molecule has 0 aromatic carbocycles. The van der Waals surface area contributed by atoms with Crippen molar-refractivity contribution in [3.8, 4) is 0 Å². The van der Waals surface area contributed by atoms with Gasteiger partial charge in [0.25, 0.3) is 0 Å². The smallest absolute Gasteiger partial charge is 0.323 e. The van der Waals surface area contributed by atoms with Gasteiger partial charge in [-0.05, 0) is 32.9 Å². The molecule has 0 saturated heterocycles. The average molecular weight is 274 g/mol. The molecule has 18 heavy (non-hydrogen) atoms. The molecule has 2 atom stereocenters. The van der Waals surface area contributed by atoms with Crippen molar-refractivity contribution < 1.29 is 14.7 Å². The lowest BCUT2D eigenvalue weighted by Crippen LogP contribution is -2.50. The monoisotopic (exact) mass is 274 g/mol. The first-order valence-electron chi connectivity index (χ1n) is 6.27. The Morgan fingerprint density at radius 1 is 1.44 bits per heavy atom. The molecule has 0 aromatic rings.